The van der Waals surface area contributed by atoms with Crippen molar-refractivity contribution in [3.8, 4) is 17.6 Å². The minimum Gasteiger partial charge on any atom is -0.457 e. The van der Waals surface area contributed by atoms with Crippen LogP contribution in [0.3, 0.4) is 0 Å². The molecule has 90 valence electrons. The summed E-state index contributed by atoms with van der Waals surface area (Å²) in [6.07, 6.45) is 0. The molecule has 2 aromatic rings. The zero-order valence-corrected chi connectivity index (χ0v) is 11.2. The van der Waals surface area contributed by atoms with Gasteiger partial charge in [0.05, 0.1) is 5.56 Å². The molecule has 0 fully saturated rings. The molecule has 0 radical (unpaired) electrons. The first-order valence-corrected chi connectivity index (χ1v) is 6.03. The second kappa shape index (κ2) is 5.19. The smallest absolute Gasteiger partial charge is 0.131 e. The number of hydrogen-bond acceptors (Lipinski definition) is 2. The molecule has 4 heteroatoms. The van der Waals surface area contributed by atoms with E-state index in [4.69, 9.17) is 10.00 Å². The van der Waals surface area contributed by atoms with Gasteiger partial charge < -0.3 is 4.74 Å². The molecular formula is C14H9BrFNO. The summed E-state index contributed by atoms with van der Waals surface area (Å²) in [4.78, 5) is 0. The van der Waals surface area contributed by atoms with Crippen LogP contribution in [0, 0.1) is 24.1 Å². The van der Waals surface area contributed by atoms with Crippen LogP contribution in [0.25, 0.3) is 0 Å². The summed E-state index contributed by atoms with van der Waals surface area (Å²) in [7, 11) is 0. The third-order valence-electron chi connectivity index (χ3n) is 2.41. The van der Waals surface area contributed by atoms with E-state index in [1.165, 1.54) is 12.1 Å². The molecule has 0 amide bonds. The van der Waals surface area contributed by atoms with Gasteiger partial charge in [0.1, 0.15) is 23.4 Å². The number of nitriles is 1. The molecule has 0 atom stereocenters. The lowest BCUT2D eigenvalue weighted by Crippen LogP contribution is -1.90. The van der Waals surface area contributed by atoms with Crippen LogP contribution in [-0.2, 0) is 0 Å². The van der Waals surface area contributed by atoms with Crippen molar-refractivity contribution in [2.24, 2.45) is 0 Å². The van der Waals surface area contributed by atoms with E-state index in [0.29, 0.717) is 21.5 Å². The first-order chi connectivity index (χ1) is 8.60. The van der Waals surface area contributed by atoms with E-state index >= 15 is 0 Å². The first kappa shape index (κ1) is 12.6. The second-order valence-electron chi connectivity index (χ2n) is 3.77. The van der Waals surface area contributed by atoms with Gasteiger partial charge in [0, 0.05) is 10.5 Å². The van der Waals surface area contributed by atoms with Crippen molar-refractivity contribution in [3.05, 3.63) is 57.8 Å². The van der Waals surface area contributed by atoms with Gasteiger partial charge in [0.2, 0.25) is 0 Å². The zero-order valence-electron chi connectivity index (χ0n) is 9.58. The molecule has 0 saturated carbocycles. The summed E-state index contributed by atoms with van der Waals surface area (Å²) >= 11 is 3.29. The van der Waals surface area contributed by atoms with Crippen molar-refractivity contribution in [2.45, 2.75) is 6.92 Å². The van der Waals surface area contributed by atoms with Crippen molar-refractivity contribution in [2.75, 3.05) is 0 Å². The number of hydrogen-bond donors (Lipinski definition) is 0. The Bertz CT molecular complexity index is 634. The lowest BCUT2D eigenvalue weighted by Gasteiger charge is -2.10. The Labute approximate surface area is 113 Å². The highest BCUT2D eigenvalue weighted by Gasteiger charge is 2.07. The van der Waals surface area contributed by atoms with Crippen molar-refractivity contribution >= 4 is 15.9 Å². The Morgan fingerprint density at radius 1 is 1.28 bits per heavy atom. The summed E-state index contributed by atoms with van der Waals surface area (Å²) in [5.74, 6) is 0.666. The molecule has 0 aromatic heterocycles. The Kier molecular flexibility index (Phi) is 3.63. The summed E-state index contributed by atoms with van der Waals surface area (Å²) in [6.45, 7) is 1.84. The largest absolute Gasteiger partial charge is 0.457 e. The van der Waals surface area contributed by atoms with Gasteiger partial charge in [-0.25, -0.2) is 4.39 Å². The fourth-order valence-electron chi connectivity index (χ4n) is 1.52. The van der Waals surface area contributed by atoms with E-state index in [1.54, 1.807) is 24.3 Å². The number of benzene rings is 2. The average molecular weight is 306 g/mol. The van der Waals surface area contributed by atoms with Crippen LogP contribution in [0.1, 0.15) is 11.1 Å². The second-order valence-corrected chi connectivity index (χ2v) is 4.62. The average Bonchev–Trinajstić information content (AvgIpc) is 2.33. The maximum absolute atomic E-state index is 13.0. The van der Waals surface area contributed by atoms with Crippen molar-refractivity contribution in [3.63, 3.8) is 0 Å². The highest BCUT2D eigenvalue weighted by Crippen LogP contribution is 2.30. The molecule has 0 aliphatic carbocycles. The van der Waals surface area contributed by atoms with Gasteiger partial charge in [0.15, 0.2) is 0 Å². The molecule has 2 nitrogen and oxygen atoms in total. The van der Waals surface area contributed by atoms with Crippen LogP contribution in [0.4, 0.5) is 4.39 Å². The highest BCUT2D eigenvalue weighted by molar-refractivity contribution is 9.10. The molecule has 2 rings (SSSR count). The molecule has 0 bridgehead atoms. The van der Waals surface area contributed by atoms with E-state index in [0.717, 1.165) is 5.56 Å². The number of ether oxygens (including phenoxy) is 1. The van der Waals surface area contributed by atoms with Crippen LogP contribution in [0.2, 0.25) is 0 Å². The number of aryl methyl sites for hydroxylation is 1. The van der Waals surface area contributed by atoms with Crippen LogP contribution in [0.5, 0.6) is 11.5 Å². The standard InChI is InChI=1S/C14H9BrFNO/c1-9-5-10(8-17)13(15)7-14(9)18-12-4-2-3-11(16)6-12/h2-7H,1H3. The Hall–Kier alpha value is -1.86. The molecular weight excluding hydrogens is 297 g/mol. The van der Waals surface area contributed by atoms with E-state index in [1.807, 2.05) is 6.92 Å². The molecule has 18 heavy (non-hydrogen) atoms. The summed E-state index contributed by atoms with van der Waals surface area (Å²) < 4.78 is 19.3. The monoisotopic (exact) mass is 305 g/mol. The minimum atomic E-state index is -0.349. The molecule has 2 aromatic carbocycles. The van der Waals surface area contributed by atoms with Gasteiger partial charge in [0.25, 0.3) is 0 Å². The van der Waals surface area contributed by atoms with Gasteiger partial charge in [-0.05, 0) is 52.7 Å². The van der Waals surface area contributed by atoms with Crippen molar-refractivity contribution in [1.82, 2.24) is 0 Å². The minimum absolute atomic E-state index is 0.349. The van der Waals surface area contributed by atoms with Gasteiger partial charge >= 0.3 is 0 Å². The predicted molar refractivity (Wildman–Crippen MR) is 70.1 cm³/mol. The molecule has 0 saturated heterocycles. The Morgan fingerprint density at radius 3 is 2.72 bits per heavy atom. The van der Waals surface area contributed by atoms with Gasteiger partial charge in [-0.3, -0.25) is 0 Å². The highest BCUT2D eigenvalue weighted by atomic mass is 79.9. The molecule has 0 N–H and O–H groups in total. The van der Waals surface area contributed by atoms with Crippen LogP contribution in [-0.4, -0.2) is 0 Å². The van der Waals surface area contributed by atoms with E-state index in [9.17, 15) is 4.39 Å². The lowest BCUT2D eigenvalue weighted by atomic mass is 10.1. The lowest BCUT2D eigenvalue weighted by molar-refractivity contribution is 0.473. The maximum Gasteiger partial charge on any atom is 0.131 e. The Morgan fingerprint density at radius 2 is 2.06 bits per heavy atom. The normalized spacial score (nSPS) is 9.89. The molecule has 0 aliphatic rings. The fraction of sp³-hybridized carbons (Fsp3) is 0.0714. The van der Waals surface area contributed by atoms with Gasteiger partial charge in [-0.15, -0.1) is 0 Å². The zero-order chi connectivity index (χ0) is 13.1. The molecule has 0 unspecified atom stereocenters. The Balaban J connectivity index is 2.36. The number of nitrogens with zero attached hydrogens (tertiary/aromatic N) is 1. The predicted octanol–water partition coefficient (Wildman–Crippen LogP) is 4.56. The number of rotatable bonds is 2. The van der Waals surface area contributed by atoms with Crippen molar-refractivity contribution < 1.29 is 9.13 Å². The topological polar surface area (TPSA) is 33.0 Å². The summed E-state index contributed by atoms with van der Waals surface area (Å²) in [5, 5.41) is 8.89. The van der Waals surface area contributed by atoms with Crippen molar-refractivity contribution in [1.29, 1.82) is 5.26 Å². The van der Waals surface area contributed by atoms with Gasteiger partial charge in [-0.1, -0.05) is 6.07 Å². The van der Waals surface area contributed by atoms with Crippen LogP contribution >= 0.6 is 15.9 Å². The third-order valence-corrected chi connectivity index (χ3v) is 3.07. The van der Waals surface area contributed by atoms with E-state index < -0.39 is 0 Å². The summed E-state index contributed by atoms with van der Waals surface area (Å²) in [6, 6.07) is 11.4. The van der Waals surface area contributed by atoms with Crippen LogP contribution < -0.4 is 4.74 Å². The van der Waals surface area contributed by atoms with Gasteiger partial charge in [-0.2, -0.15) is 5.26 Å². The van der Waals surface area contributed by atoms with Crippen LogP contribution in [0.15, 0.2) is 40.9 Å². The fourth-order valence-corrected chi connectivity index (χ4v) is 1.93. The van der Waals surface area contributed by atoms with E-state index in [2.05, 4.69) is 22.0 Å². The van der Waals surface area contributed by atoms with E-state index in [-0.39, 0.29) is 5.82 Å². The first-order valence-electron chi connectivity index (χ1n) is 5.24. The maximum atomic E-state index is 13.0. The SMILES string of the molecule is Cc1cc(C#N)c(Br)cc1Oc1cccc(F)c1. The summed E-state index contributed by atoms with van der Waals surface area (Å²) in [5.41, 5.74) is 1.36. The number of halogens is 2. The molecule has 0 spiro atoms. The molecule has 0 heterocycles. The third kappa shape index (κ3) is 2.69. The quantitative estimate of drug-likeness (QED) is 0.815. The molecule has 0 aliphatic heterocycles.